The number of hydrogen-bond acceptors (Lipinski definition) is 5. The van der Waals surface area contributed by atoms with Crippen LogP contribution < -0.4 is 10.6 Å². The van der Waals surface area contributed by atoms with E-state index in [1.807, 2.05) is 6.92 Å². The van der Waals surface area contributed by atoms with Gasteiger partial charge in [-0.15, -0.1) is 11.3 Å². The van der Waals surface area contributed by atoms with Crippen molar-refractivity contribution in [3.8, 4) is 0 Å². The van der Waals surface area contributed by atoms with Crippen molar-refractivity contribution in [2.75, 3.05) is 5.32 Å². The van der Waals surface area contributed by atoms with Gasteiger partial charge in [0.25, 0.3) is 0 Å². The van der Waals surface area contributed by atoms with Crippen molar-refractivity contribution in [3.05, 3.63) is 10.6 Å². The quantitative estimate of drug-likeness (QED) is 0.625. The molecule has 1 aromatic heterocycles. The van der Waals surface area contributed by atoms with Crippen LogP contribution in [0.15, 0.2) is 0 Å². The largest absolute Gasteiger partial charge is 0.481 e. The first-order chi connectivity index (χ1) is 9.29. The number of carboxylic acids is 2. The third-order valence-corrected chi connectivity index (χ3v) is 3.49. The van der Waals surface area contributed by atoms with Crippen LogP contribution in [0.4, 0.5) is 9.93 Å². The van der Waals surface area contributed by atoms with Gasteiger partial charge in [-0.1, -0.05) is 0 Å². The number of amides is 2. The molecule has 0 spiro atoms. The zero-order chi connectivity index (χ0) is 15.3. The number of nitrogens with zero attached hydrogens (tertiary/aromatic N) is 1. The molecular weight excluding hydrogens is 286 g/mol. The van der Waals surface area contributed by atoms with E-state index >= 15 is 0 Å². The van der Waals surface area contributed by atoms with E-state index in [-0.39, 0.29) is 12.8 Å². The molecule has 1 atom stereocenters. The second kappa shape index (κ2) is 6.85. The van der Waals surface area contributed by atoms with E-state index in [2.05, 4.69) is 15.6 Å². The third-order valence-electron chi connectivity index (χ3n) is 2.50. The SMILES string of the molecule is Cc1nc(NC(=O)N[C@@H](CCC(=O)O)C(=O)O)sc1C. The second-order valence-electron chi connectivity index (χ2n) is 4.08. The summed E-state index contributed by atoms with van der Waals surface area (Å²) < 4.78 is 0. The van der Waals surface area contributed by atoms with E-state index in [9.17, 15) is 14.4 Å². The maximum Gasteiger partial charge on any atom is 0.326 e. The molecule has 0 unspecified atom stereocenters. The Morgan fingerprint density at radius 2 is 1.95 bits per heavy atom. The molecule has 20 heavy (non-hydrogen) atoms. The number of thiazole rings is 1. The molecule has 0 fully saturated rings. The Labute approximate surface area is 118 Å². The molecule has 0 saturated carbocycles. The highest BCUT2D eigenvalue weighted by Gasteiger charge is 2.21. The summed E-state index contributed by atoms with van der Waals surface area (Å²) in [6, 6.07) is -1.98. The molecular formula is C11H15N3O5S. The fourth-order valence-corrected chi connectivity index (χ4v) is 2.15. The Balaban J connectivity index is 2.57. The fourth-order valence-electron chi connectivity index (χ4n) is 1.34. The van der Waals surface area contributed by atoms with Crippen molar-refractivity contribution in [1.82, 2.24) is 10.3 Å². The maximum atomic E-state index is 11.6. The van der Waals surface area contributed by atoms with Gasteiger partial charge >= 0.3 is 18.0 Å². The number of hydrogen-bond donors (Lipinski definition) is 4. The van der Waals surface area contributed by atoms with Crippen LogP contribution >= 0.6 is 11.3 Å². The number of carboxylic acid groups (broad SMARTS) is 2. The van der Waals surface area contributed by atoms with Crippen LogP contribution in [0.5, 0.6) is 0 Å². The van der Waals surface area contributed by atoms with Gasteiger partial charge < -0.3 is 15.5 Å². The summed E-state index contributed by atoms with van der Waals surface area (Å²) in [4.78, 5) is 38.0. The lowest BCUT2D eigenvalue weighted by molar-refractivity contribution is -0.140. The van der Waals surface area contributed by atoms with Gasteiger partial charge in [-0.2, -0.15) is 0 Å². The van der Waals surface area contributed by atoms with Gasteiger partial charge in [0, 0.05) is 11.3 Å². The Kier molecular flexibility index (Phi) is 5.44. The summed E-state index contributed by atoms with van der Waals surface area (Å²) in [5.41, 5.74) is 0.783. The second-order valence-corrected chi connectivity index (χ2v) is 5.29. The molecule has 0 saturated heterocycles. The average Bonchev–Trinajstić information content (AvgIpc) is 2.62. The van der Waals surface area contributed by atoms with Crippen molar-refractivity contribution in [1.29, 1.82) is 0 Å². The molecule has 0 bridgehead atoms. The number of urea groups is 1. The van der Waals surface area contributed by atoms with Crippen LogP contribution in [0.1, 0.15) is 23.4 Å². The molecule has 1 rings (SSSR count). The topological polar surface area (TPSA) is 129 Å². The van der Waals surface area contributed by atoms with Gasteiger partial charge in [0.15, 0.2) is 5.13 Å². The number of carbonyl (C=O) groups excluding carboxylic acids is 1. The predicted octanol–water partition coefficient (Wildman–Crippen LogP) is 1.20. The molecule has 0 radical (unpaired) electrons. The van der Waals surface area contributed by atoms with Crippen molar-refractivity contribution < 1.29 is 24.6 Å². The summed E-state index contributed by atoms with van der Waals surface area (Å²) in [6.45, 7) is 3.64. The van der Waals surface area contributed by atoms with Crippen LogP contribution in [-0.4, -0.2) is 39.2 Å². The van der Waals surface area contributed by atoms with Crippen molar-refractivity contribution in [2.45, 2.75) is 32.7 Å². The first-order valence-corrected chi connectivity index (χ1v) is 6.57. The van der Waals surface area contributed by atoms with E-state index in [0.29, 0.717) is 5.13 Å². The number of aryl methyl sites for hydroxylation is 2. The van der Waals surface area contributed by atoms with Gasteiger partial charge in [0.1, 0.15) is 6.04 Å². The van der Waals surface area contributed by atoms with Gasteiger partial charge in [0.05, 0.1) is 5.69 Å². The fraction of sp³-hybridized carbons (Fsp3) is 0.455. The molecule has 8 nitrogen and oxygen atoms in total. The summed E-state index contributed by atoms with van der Waals surface area (Å²) in [5.74, 6) is -2.41. The third kappa shape index (κ3) is 4.84. The minimum absolute atomic E-state index is 0.186. The van der Waals surface area contributed by atoms with Crippen molar-refractivity contribution in [3.63, 3.8) is 0 Å². The number of nitrogens with one attached hydrogen (secondary N) is 2. The van der Waals surface area contributed by atoms with E-state index in [4.69, 9.17) is 10.2 Å². The minimum Gasteiger partial charge on any atom is -0.481 e. The van der Waals surface area contributed by atoms with Crippen LogP contribution in [0.25, 0.3) is 0 Å². The number of anilines is 1. The molecule has 1 heterocycles. The van der Waals surface area contributed by atoms with Crippen molar-refractivity contribution >= 4 is 34.4 Å². The highest BCUT2D eigenvalue weighted by Crippen LogP contribution is 2.20. The van der Waals surface area contributed by atoms with E-state index in [0.717, 1.165) is 10.6 Å². The molecule has 2 amide bonds. The molecule has 0 aromatic carbocycles. The van der Waals surface area contributed by atoms with Gasteiger partial charge in [-0.05, 0) is 20.3 Å². The Morgan fingerprint density at radius 1 is 1.30 bits per heavy atom. The summed E-state index contributed by atoms with van der Waals surface area (Å²) in [7, 11) is 0. The molecule has 9 heteroatoms. The summed E-state index contributed by atoms with van der Waals surface area (Å²) in [5, 5.41) is 22.4. The molecule has 4 N–H and O–H groups in total. The van der Waals surface area contributed by atoms with Crippen LogP contribution in [0.2, 0.25) is 0 Å². The molecule has 110 valence electrons. The Morgan fingerprint density at radius 3 is 2.40 bits per heavy atom. The van der Waals surface area contributed by atoms with E-state index < -0.39 is 24.0 Å². The predicted molar refractivity (Wildman–Crippen MR) is 72.0 cm³/mol. The lowest BCUT2D eigenvalue weighted by Gasteiger charge is -2.13. The van der Waals surface area contributed by atoms with Crippen LogP contribution in [0.3, 0.4) is 0 Å². The van der Waals surface area contributed by atoms with Crippen LogP contribution in [0, 0.1) is 13.8 Å². The van der Waals surface area contributed by atoms with E-state index in [1.54, 1.807) is 6.92 Å². The highest BCUT2D eigenvalue weighted by molar-refractivity contribution is 7.15. The normalized spacial score (nSPS) is 11.7. The maximum absolute atomic E-state index is 11.6. The number of carbonyl (C=O) groups is 3. The average molecular weight is 301 g/mol. The lowest BCUT2D eigenvalue weighted by atomic mass is 10.1. The number of rotatable bonds is 6. The molecule has 0 aliphatic heterocycles. The Hall–Kier alpha value is -2.16. The van der Waals surface area contributed by atoms with E-state index in [1.165, 1.54) is 11.3 Å². The molecule has 1 aromatic rings. The monoisotopic (exact) mass is 301 g/mol. The van der Waals surface area contributed by atoms with Crippen LogP contribution in [-0.2, 0) is 9.59 Å². The van der Waals surface area contributed by atoms with Crippen molar-refractivity contribution in [2.24, 2.45) is 0 Å². The van der Waals surface area contributed by atoms with Gasteiger partial charge in [0.2, 0.25) is 0 Å². The number of aromatic nitrogens is 1. The first kappa shape index (κ1) is 15.9. The molecule has 0 aliphatic rings. The Bertz CT molecular complexity index is 509. The highest BCUT2D eigenvalue weighted by atomic mass is 32.1. The standard InChI is InChI=1S/C11H15N3O5S/c1-5-6(2)20-11(12-5)14-10(19)13-7(9(17)18)3-4-8(15)16/h7H,3-4H2,1-2H3,(H,15,16)(H,17,18)(H2,12,13,14,19)/t7-/m0/s1. The lowest BCUT2D eigenvalue weighted by Crippen LogP contribution is -2.43. The summed E-state index contributed by atoms with van der Waals surface area (Å²) >= 11 is 1.27. The van der Waals surface area contributed by atoms with Gasteiger partial charge in [-0.3, -0.25) is 10.1 Å². The zero-order valence-corrected chi connectivity index (χ0v) is 11.8. The molecule has 0 aliphatic carbocycles. The number of aliphatic carboxylic acids is 2. The summed E-state index contributed by atoms with van der Waals surface area (Å²) in [6.07, 6.45) is -0.527. The first-order valence-electron chi connectivity index (χ1n) is 5.75. The smallest absolute Gasteiger partial charge is 0.326 e. The van der Waals surface area contributed by atoms with Gasteiger partial charge in [-0.25, -0.2) is 14.6 Å². The minimum atomic E-state index is -1.28. The zero-order valence-electron chi connectivity index (χ0n) is 11.0.